The Kier molecular flexibility index (Phi) is 4.74. The van der Waals surface area contributed by atoms with E-state index in [2.05, 4.69) is 31.2 Å². The zero-order chi connectivity index (χ0) is 13.7. The second-order valence-corrected chi connectivity index (χ2v) is 5.21. The third-order valence-electron chi connectivity index (χ3n) is 2.86. The van der Waals surface area contributed by atoms with E-state index in [9.17, 15) is 4.79 Å². The van der Waals surface area contributed by atoms with Gasteiger partial charge in [0.15, 0.2) is 0 Å². The van der Waals surface area contributed by atoms with Crippen molar-refractivity contribution in [3.63, 3.8) is 0 Å². The van der Waals surface area contributed by atoms with Gasteiger partial charge in [-0.2, -0.15) is 0 Å². The highest BCUT2D eigenvalue weighted by Gasteiger charge is 2.06. The number of imidazole rings is 1. The lowest BCUT2D eigenvalue weighted by Gasteiger charge is -2.06. The van der Waals surface area contributed by atoms with Crippen molar-refractivity contribution in [1.29, 1.82) is 0 Å². The molecule has 1 aromatic heterocycles. The van der Waals surface area contributed by atoms with Crippen molar-refractivity contribution in [1.82, 2.24) is 15.3 Å². The van der Waals surface area contributed by atoms with Crippen molar-refractivity contribution >= 4 is 21.8 Å². The molecule has 0 saturated heterocycles. The Morgan fingerprint density at radius 1 is 1.47 bits per heavy atom. The molecule has 4 nitrogen and oxygen atoms in total. The Labute approximate surface area is 120 Å². The molecule has 5 heteroatoms. The fourth-order valence-corrected chi connectivity index (χ4v) is 2.11. The van der Waals surface area contributed by atoms with Gasteiger partial charge < -0.3 is 10.3 Å². The summed E-state index contributed by atoms with van der Waals surface area (Å²) in [7, 11) is 0. The van der Waals surface area contributed by atoms with Crippen molar-refractivity contribution < 1.29 is 4.79 Å². The molecule has 2 N–H and O–H groups in total. The quantitative estimate of drug-likeness (QED) is 0.832. The summed E-state index contributed by atoms with van der Waals surface area (Å²) in [5.41, 5.74) is 1.80. The van der Waals surface area contributed by atoms with Crippen LogP contribution in [0.4, 0.5) is 0 Å². The fraction of sp³-hybridized carbons (Fsp3) is 0.286. The molecule has 0 radical (unpaired) electrons. The van der Waals surface area contributed by atoms with Crippen molar-refractivity contribution in [3.8, 4) is 0 Å². The summed E-state index contributed by atoms with van der Waals surface area (Å²) in [5.74, 6) is 0.910. The number of nitrogens with one attached hydrogen (secondary N) is 2. The first kappa shape index (κ1) is 13.8. The van der Waals surface area contributed by atoms with Crippen LogP contribution in [0, 0.1) is 6.92 Å². The fourth-order valence-electron chi connectivity index (χ4n) is 1.73. The number of rotatable bonds is 5. The lowest BCUT2D eigenvalue weighted by atomic mass is 10.1. The lowest BCUT2D eigenvalue weighted by Crippen LogP contribution is -2.24. The molecule has 0 saturated carbocycles. The smallest absolute Gasteiger partial charge is 0.251 e. The Morgan fingerprint density at radius 3 is 3.00 bits per heavy atom. The highest BCUT2D eigenvalue weighted by molar-refractivity contribution is 9.10. The van der Waals surface area contributed by atoms with Crippen LogP contribution in [0.25, 0.3) is 0 Å². The van der Waals surface area contributed by atoms with Gasteiger partial charge in [-0.15, -0.1) is 0 Å². The van der Waals surface area contributed by atoms with E-state index in [-0.39, 0.29) is 5.91 Å². The number of aryl methyl sites for hydroxylation is 2. The maximum Gasteiger partial charge on any atom is 0.251 e. The van der Waals surface area contributed by atoms with Gasteiger partial charge in [0.25, 0.3) is 5.91 Å². The van der Waals surface area contributed by atoms with Gasteiger partial charge in [0.05, 0.1) is 0 Å². The van der Waals surface area contributed by atoms with Gasteiger partial charge in [0, 0.05) is 35.4 Å². The van der Waals surface area contributed by atoms with E-state index in [1.165, 1.54) is 0 Å². The largest absolute Gasteiger partial charge is 0.352 e. The first-order chi connectivity index (χ1) is 9.16. The maximum atomic E-state index is 11.9. The van der Waals surface area contributed by atoms with Crippen molar-refractivity contribution in [2.75, 3.05) is 6.54 Å². The zero-order valence-electron chi connectivity index (χ0n) is 10.7. The van der Waals surface area contributed by atoms with Gasteiger partial charge in [-0.1, -0.05) is 22.0 Å². The number of carbonyl (C=O) groups excluding carboxylic acids is 1. The molecule has 0 bridgehead atoms. The number of aromatic nitrogens is 2. The van der Waals surface area contributed by atoms with Crippen LogP contribution in [0.1, 0.15) is 28.2 Å². The van der Waals surface area contributed by atoms with Crippen LogP contribution in [0.15, 0.2) is 35.1 Å². The monoisotopic (exact) mass is 321 g/mol. The third-order valence-corrected chi connectivity index (χ3v) is 3.72. The van der Waals surface area contributed by atoms with E-state index < -0.39 is 0 Å². The second-order valence-electron chi connectivity index (χ2n) is 4.36. The van der Waals surface area contributed by atoms with Crippen LogP contribution in [0.2, 0.25) is 0 Å². The molecule has 1 amide bonds. The number of amides is 1. The number of hydrogen-bond donors (Lipinski definition) is 2. The van der Waals surface area contributed by atoms with Crippen molar-refractivity contribution in [3.05, 3.63) is 52.0 Å². The van der Waals surface area contributed by atoms with Gasteiger partial charge in [-0.25, -0.2) is 4.98 Å². The summed E-state index contributed by atoms with van der Waals surface area (Å²) < 4.78 is 0.954. The molecule has 0 unspecified atom stereocenters. The first-order valence-corrected chi connectivity index (χ1v) is 6.99. The molecule has 1 aromatic carbocycles. The molecule has 2 rings (SSSR count). The Hall–Kier alpha value is -1.62. The molecular weight excluding hydrogens is 306 g/mol. The summed E-state index contributed by atoms with van der Waals surface area (Å²) in [6.07, 6.45) is 5.24. The van der Waals surface area contributed by atoms with Gasteiger partial charge >= 0.3 is 0 Å². The zero-order valence-corrected chi connectivity index (χ0v) is 12.3. The normalized spacial score (nSPS) is 10.4. The predicted molar refractivity (Wildman–Crippen MR) is 78.1 cm³/mol. The van der Waals surface area contributed by atoms with E-state index in [1.807, 2.05) is 25.1 Å². The highest BCUT2D eigenvalue weighted by atomic mass is 79.9. The van der Waals surface area contributed by atoms with Crippen molar-refractivity contribution in [2.45, 2.75) is 19.8 Å². The third kappa shape index (κ3) is 3.92. The maximum absolute atomic E-state index is 11.9. The van der Waals surface area contributed by atoms with Gasteiger partial charge in [-0.3, -0.25) is 4.79 Å². The van der Waals surface area contributed by atoms with Crippen molar-refractivity contribution in [2.24, 2.45) is 0 Å². The Bertz CT molecular complexity index is 552. The minimum absolute atomic E-state index is 0.0415. The lowest BCUT2D eigenvalue weighted by molar-refractivity contribution is 0.0953. The highest BCUT2D eigenvalue weighted by Crippen LogP contribution is 2.17. The number of aromatic amines is 1. The molecular formula is C14H16BrN3O. The topological polar surface area (TPSA) is 57.8 Å². The standard InChI is InChI=1S/C14H16BrN3O/c1-10-4-5-11(9-12(10)15)14(19)18-6-2-3-13-16-7-8-17-13/h4-5,7-9H,2-3,6H2,1H3,(H,16,17)(H,18,19). The number of H-pyrrole nitrogens is 1. The SMILES string of the molecule is Cc1ccc(C(=O)NCCCc2ncc[nH]2)cc1Br. The van der Waals surface area contributed by atoms with Gasteiger partial charge in [-0.05, 0) is 31.0 Å². The molecule has 0 spiro atoms. The number of halogens is 1. The summed E-state index contributed by atoms with van der Waals surface area (Å²) in [5, 5.41) is 2.91. The van der Waals surface area contributed by atoms with Crippen LogP contribution in [0.3, 0.4) is 0 Å². The molecule has 100 valence electrons. The Morgan fingerprint density at radius 2 is 2.32 bits per heavy atom. The average Bonchev–Trinajstić information content (AvgIpc) is 2.91. The summed E-state index contributed by atoms with van der Waals surface area (Å²) in [4.78, 5) is 19.1. The number of hydrogen-bond acceptors (Lipinski definition) is 2. The molecule has 0 aliphatic heterocycles. The van der Waals surface area contributed by atoms with E-state index >= 15 is 0 Å². The van der Waals surface area contributed by atoms with Crippen LogP contribution >= 0.6 is 15.9 Å². The summed E-state index contributed by atoms with van der Waals surface area (Å²) in [6.45, 7) is 2.64. The molecule has 19 heavy (non-hydrogen) atoms. The second kappa shape index (κ2) is 6.52. The molecule has 0 atom stereocenters. The van der Waals surface area contributed by atoms with Crippen LogP contribution < -0.4 is 5.32 Å². The minimum Gasteiger partial charge on any atom is -0.352 e. The summed E-state index contributed by atoms with van der Waals surface area (Å²) >= 11 is 3.43. The molecule has 0 aliphatic rings. The van der Waals surface area contributed by atoms with Gasteiger partial charge in [0.2, 0.25) is 0 Å². The average molecular weight is 322 g/mol. The molecule has 2 aromatic rings. The van der Waals surface area contributed by atoms with Crippen LogP contribution in [-0.4, -0.2) is 22.4 Å². The Balaban J connectivity index is 1.79. The summed E-state index contributed by atoms with van der Waals surface area (Å²) in [6, 6.07) is 5.61. The van der Waals surface area contributed by atoms with E-state index in [0.29, 0.717) is 12.1 Å². The molecule has 0 fully saturated rings. The number of carbonyl (C=O) groups is 1. The predicted octanol–water partition coefficient (Wildman–Crippen LogP) is 2.84. The number of benzene rings is 1. The van der Waals surface area contributed by atoms with E-state index in [1.54, 1.807) is 12.4 Å². The minimum atomic E-state index is -0.0415. The van der Waals surface area contributed by atoms with E-state index in [4.69, 9.17) is 0 Å². The van der Waals surface area contributed by atoms with E-state index in [0.717, 1.165) is 28.7 Å². The molecule has 0 aliphatic carbocycles. The molecule has 1 heterocycles. The van der Waals surface area contributed by atoms with Gasteiger partial charge in [0.1, 0.15) is 5.82 Å². The number of nitrogens with zero attached hydrogens (tertiary/aromatic N) is 1. The first-order valence-electron chi connectivity index (χ1n) is 6.19. The van der Waals surface area contributed by atoms with Crippen LogP contribution in [0.5, 0.6) is 0 Å². The van der Waals surface area contributed by atoms with Crippen LogP contribution in [-0.2, 0) is 6.42 Å².